The fraction of sp³-hybridized carbons (Fsp3) is 0. The molecule has 0 unspecified atom stereocenters. The van der Waals surface area contributed by atoms with Gasteiger partial charge in [0, 0.05) is 5.10 Å². The van der Waals surface area contributed by atoms with Gasteiger partial charge in [-0.1, -0.05) is 0 Å². The third-order valence-corrected chi connectivity index (χ3v) is 0.498. The van der Waals surface area contributed by atoms with E-state index in [1.54, 1.807) is 0 Å². The average Bonchev–Trinajstić information content (AvgIpc) is 1.86. The lowest BCUT2D eigenvalue weighted by Gasteiger charge is -1.57. The van der Waals surface area contributed by atoms with E-state index in [0.29, 0.717) is 0 Å². The standard InChI is InChI=1S/CHN4S/c6-5-3-1-2-4-5/h1H/q+1. The van der Waals surface area contributed by atoms with E-state index in [2.05, 4.69) is 27.9 Å². The van der Waals surface area contributed by atoms with E-state index >= 15 is 0 Å². The number of hydrogen-bond donors (Lipinski definition) is 0. The normalized spacial score (nSPS) is 17.0. The van der Waals surface area contributed by atoms with Gasteiger partial charge in [-0.3, -0.25) is 0 Å². The second-order valence-corrected chi connectivity index (χ2v) is 1.02. The van der Waals surface area contributed by atoms with Crippen LogP contribution in [0.1, 0.15) is 0 Å². The van der Waals surface area contributed by atoms with Crippen molar-refractivity contribution < 1.29 is 4.16 Å². The minimum atomic E-state index is 0.972. The molecule has 0 aliphatic carbocycles. The van der Waals surface area contributed by atoms with Gasteiger partial charge >= 0.3 is 6.34 Å². The van der Waals surface area contributed by atoms with Crippen molar-refractivity contribution in [3.8, 4) is 0 Å². The van der Waals surface area contributed by atoms with Gasteiger partial charge in [-0.25, -0.2) is 0 Å². The van der Waals surface area contributed by atoms with Crippen LogP contribution in [0.4, 0.5) is 0 Å². The summed E-state index contributed by atoms with van der Waals surface area (Å²) in [5.74, 6) is 0. The van der Waals surface area contributed by atoms with E-state index in [-0.39, 0.29) is 0 Å². The summed E-state index contributed by atoms with van der Waals surface area (Å²) in [5, 5.41) is 10.0. The third-order valence-electron chi connectivity index (χ3n) is 0.330. The fourth-order valence-corrected chi connectivity index (χ4v) is 0.242. The molecule has 0 radical (unpaired) electrons. The molecule has 6 heavy (non-hydrogen) atoms. The van der Waals surface area contributed by atoms with E-state index in [9.17, 15) is 0 Å². The van der Waals surface area contributed by atoms with E-state index in [1.807, 2.05) is 0 Å². The van der Waals surface area contributed by atoms with Gasteiger partial charge in [0.05, 0.1) is 9.28 Å². The minimum absolute atomic E-state index is 0.972. The summed E-state index contributed by atoms with van der Waals surface area (Å²) in [6, 6.07) is 0. The third kappa shape index (κ3) is 0.436. The molecule has 1 rings (SSSR count). The molecule has 30 valence electrons. The van der Waals surface area contributed by atoms with Crippen molar-refractivity contribution in [2.45, 2.75) is 0 Å². The molecule has 5 heteroatoms. The molecule has 0 bridgehead atoms. The first-order valence-corrected chi connectivity index (χ1v) is 1.66. The zero-order valence-corrected chi connectivity index (χ0v) is 3.59. The van der Waals surface area contributed by atoms with Crippen LogP contribution in [0, 0.1) is 0 Å². The maximum absolute atomic E-state index is 4.38. The highest BCUT2D eigenvalue weighted by Crippen LogP contribution is 1.83. The Balaban J connectivity index is 2.86. The van der Waals surface area contributed by atoms with Crippen molar-refractivity contribution in [2.24, 2.45) is 15.4 Å². The molecule has 4 nitrogen and oxygen atoms in total. The van der Waals surface area contributed by atoms with Crippen LogP contribution in [0.5, 0.6) is 0 Å². The van der Waals surface area contributed by atoms with Gasteiger partial charge < -0.3 is 0 Å². The molecular formula is CHN4S+. The second kappa shape index (κ2) is 1.17. The van der Waals surface area contributed by atoms with Crippen LogP contribution in [-0.4, -0.2) is 10.5 Å². The van der Waals surface area contributed by atoms with E-state index in [4.69, 9.17) is 0 Å². The molecule has 0 saturated carbocycles. The maximum Gasteiger partial charge on any atom is 0.301 e. The first-order chi connectivity index (χ1) is 2.89. The summed E-state index contributed by atoms with van der Waals surface area (Å²) in [6.45, 7) is 0. The van der Waals surface area contributed by atoms with Crippen molar-refractivity contribution in [1.29, 1.82) is 0 Å². The summed E-state index contributed by atoms with van der Waals surface area (Å²) >= 11 is 4.38. The van der Waals surface area contributed by atoms with Crippen LogP contribution in [0.15, 0.2) is 15.4 Å². The second-order valence-electron chi connectivity index (χ2n) is 0.689. The molecule has 0 aromatic heterocycles. The molecule has 0 fully saturated rings. The van der Waals surface area contributed by atoms with Crippen molar-refractivity contribution >= 4 is 18.8 Å². The summed E-state index contributed by atoms with van der Waals surface area (Å²) in [5.41, 5.74) is 0. The van der Waals surface area contributed by atoms with Gasteiger partial charge in [0.15, 0.2) is 5.22 Å². The van der Waals surface area contributed by atoms with Gasteiger partial charge in [-0.15, -0.1) is 0 Å². The summed E-state index contributed by atoms with van der Waals surface area (Å²) in [7, 11) is 0. The highest BCUT2D eigenvalue weighted by atomic mass is 32.1. The number of hydrazone groups is 1. The van der Waals surface area contributed by atoms with Crippen LogP contribution < -0.4 is 0 Å². The van der Waals surface area contributed by atoms with E-state index in [1.165, 1.54) is 6.34 Å². The minimum Gasteiger partial charge on any atom is 0.000249 e. The Labute approximate surface area is 39.3 Å². The van der Waals surface area contributed by atoms with Crippen LogP contribution >= 0.6 is 0 Å². The van der Waals surface area contributed by atoms with Crippen molar-refractivity contribution in [3.63, 3.8) is 0 Å². The van der Waals surface area contributed by atoms with Crippen LogP contribution in [0.3, 0.4) is 0 Å². The highest BCUT2D eigenvalue weighted by molar-refractivity contribution is 7.44. The van der Waals surface area contributed by atoms with E-state index in [0.717, 1.165) is 4.16 Å². The Morgan fingerprint density at radius 2 is 2.50 bits per heavy atom. The summed E-state index contributed by atoms with van der Waals surface area (Å²) in [6.07, 6.45) is 1.28. The predicted molar refractivity (Wildman–Crippen MR) is 21.0 cm³/mol. The molecule has 0 aromatic carbocycles. The number of rotatable bonds is 0. The van der Waals surface area contributed by atoms with Gasteiger partial charge in [0.2, 0.25) is 12.4 Å². The Kier molecular flexibility index (Phi) is 0.681. The average molecular weight is 101 g/mol. The molecule has 0 aromatic rings. The molecule has 0 amide bonds. The lowest BCUT2D eigenvalue weighted by Crippen LogP contribution is -1.76. The van der Waals surface area contributed by atoms with Crippen molar-refractivity contribution in [3.05, 3.63) is 0 Å². The summed E-state index contributed by atoms with van der Waals surface area (Å²) < 4.78 is 0.972. The van der Waals surface area contributed by atoms with Gasteiger partial charge in [0.1, 0.15) is 0 Å². The molecule has 0 saturated heterocycles. The molecule has 1 aliphatic rings. The highest BCUT2D eigenvalue weighted by Gasteiger charge is 1.98. The number of nitrogens with zero attached hydrogens (tertiary/aromatic N) is 4. The number of hydrogen-bond acceptors (Lipinski definition) is 2. The quantitative estimate of drug-likeness (QED) is 0.397. The predicted octanol–water partition coefficient (Wildman–Crippen LogP) is 0.0535. The first kappa shape index (κ1) is 3.48. The van der Waals surface area contributed by atoms with Crippen molar-refractivity contribution in [2.75, 3.05) is 0 Å². The molecule has 0 N–H and O–H groups in total. The van der Waals surface area contributed by atoms with Crippen LogP contribution in [0.2, 0.25) is 0 Å². The Hall–Kier alpha value is -0.710. The van der Waals surface area contributed by atoms with Gasteiger partial charge in [0.25, 0.3) is 0 Å². The Bertz CT molecular complexity index is 110. The van der Waals surface area contributed by atoms with E-state index < -0.39 is 0 Å². The zero-order chi connectivity index (χ0) is 4.41. The lowest BCUT2D eigenvalue weighted by molar-refractivity contribution is -0.509. The molecular weight excluding hydrogens is 100 g/mol. The zero-order valence-electron chi connectivity index (χ0n) is 2.77. The largest absolute Gasteiger partial charge is 0.301 e. The first-order valence-electron chi connectivity index (χ1n) is 1.30. The summed E-state index contributed by atoms with van der Waals surface area (Å²) in [4.78, 5) is 0. The van der Waals surface area contributed by atoms with Crippen LogP contribution in [0.25, 0.3) is 0 Å². The molecule has 0 atom stereocenters. The fourth-order valence-electron chi connectivity index (χ4n) is 0.158. The maximum atomic E-state index is 4.38. The lowest BCUT2D eigenvalue weighted by atomic mass is 11.4. The topological polar surface area (TPSA) is 40.1 Å². The molecule has 1 aliphatic heterocycles. The smallest absolute Gasteiger partial charge is 0.000249 e. The Morgan fingerprint density at radius 3 is 2.67 bits per heavy atom. The molecule has 1 heterocycles. The van der Waals surface area contributed by atoms with Crippen molar-refractivity contribution in [1.82, 2.24) is 0 Å². The Morgan fingerprint density at radius 1 is 1.67 bits per heavy atom. The van der Waals surface area contributed by atoms with Crippen LogP contribution in [-0.2, 0) is 12.4 Å². The van der Waals surface area contributed by atoms with Gasteiger partial charge in [-0.05, 0) is 0 Å². The SMILES string of the molecule is S=[N+]1N=CN=N1. The van der Waals surface area contributed by atoms with Gasteiger partial charge in [-0.2, -0.15) is 0 Å². The monoisotopic (exact) mass is 101 g/mol. The molecule has 0 spiro atoms.